The van der Waals surface area contributed by atoms with Crippen LogP contribution in [-0.2, 0) is 10.0 Å². The molecule has 0 saturated carbocycles. The van der Waals surface area contributed by atoms with Gasteiger partial charge in [-0.15, -0.1) is 0 Å². The molecule has 1 aromatic carbocycles. The van der Waals surface area contributed by atoms with Gasteiger partial charge in [-0.1, -0.05) is 6.42 Å². The Morgan fingerprint density at radius 2 is 1.80 bits per heavy atom. The van der Waals surface area contributed by atoms with Gasteiger partial charge in [-0.25, -0.2) is 8.42 Å². The van der Waals surface area contributed by atoms with Gasteiger partial charge in [0.15, 0.2) is 11.5 Å². The normalized spacial score (nSPS) is 17.9. The highest BCUT2D eigenvalue weighted by Crippen LogP contribution is 2.34. The van der Waals surface area contributed by atoms with E-state index in [1.54, 1.807) is 12.1 Å². The average Bonchev–Trinajstić information content (AvgIpc) is 2.46. The van der Waals surface area contributed by atoms with Gasteiger partial charge in [-0.2, -0.15) is 4.31 Å². The summed E-state index contributed by atoms with van der Waals surface area (Å²) in [5.74, 6) is 0.939. The van der Waals surface area contributed by atoms with Crippen molar-refractivity contribution in [3.8, 4) is 11.5 Å². The Morgan fingerprint density at radius 3 is 2.40 bits per heavy atom. The molecule has 0 amide bonds. The van der Waals surface area contributed by atoms with E-state index >= 15 is 0 Å². The summed E-state index contributed by atoms with van der Waals surface area (Å²) in [6.07, 6.45) is 2.76. The molecule has 1 saturated heterocycles. The van der Waals surface area contributed by atoms with Crippen LogP contribution >= 0.6 is 0 Å². The summed E-state index contributed by atoms with van der Waals surface area (Å²) in [4.78, 5) is 0.233. The van der Waals surface area contributed by atoms with Crippen LogP contribution in [0.5, 0.6) is 11.5 Å². The van der Waals surface area contributed by atoms with Gasteiger partial charge in [-0.3, -0.25) is 0 Å². The molecule has 1 heterocycles. The van der Waals surface area contributed by atoms with E-state index in [4.69, 9.17) is 9.47 Å². The minimum absolute atomic E-state index is 0.233. The first-order chi connectivity index (χ1) is 9.50. The minimum atomic E-state index is -3.51. The SMILES string of the molecule is COc1ccc(S(=O)(=O)N2CCCC[C]2C)cc1OC. The van der Waals surface area contributed by atoms with Crippen molar-refractivity contribution >= 4 is 10.0 Å². The first-order valence-electron chi connectivity index (χ1n) is 6.58. The molecule has 0 aromatic heterocycles. The van der Waals surface area contributed by atoms with Crippen molar-refractivity contribution in [2.45, 2.75) is 31.1 Å². The van der Waals surface area contributed by atoms with Crippen LogP contribution in [0.2, 0.25) is 0 Å². The van der Waals surface area contributed by atoms with Gasteiger partial charge in [0.1, 0.15) is 0 Å². The van der Waals surface area contributed by atoms with E-state index in [-0.39, 0.29) is 4.90 Å². The average molecular weight is 298 g/mol. The van der Waals surface area contributed by atoms with Gasteiger partial charge >= 0.3 is 0 Å². The van der Waals surface area contributed by atoms with Crippen molar-refractivity contribution in [1.29, 1.82) is 0 Å². The zero-order valence-corrected chi connectivity index (χ0v) is 12.9. The third-order valence-corrected chi connectivity index (χ3v) is 5.44. The Morgan fingerprint density at radius 1 is 1.10 bits per heavy atom. The number of sulfonamides is 1. The number of methoxy groups -OCH3 is 2. The molecule has 1 aromatic rings. The van der Waals surface area contributed by atoms with E-state index in [1.165, 1.54) is 24.6 Å². The molecule has 6 heteroatoms. The molecule has 111 valence electrons. The summed E-state index contributed by atoms with van der Waals surface area (Å²) in [6, 6.07) is 5.57. The molecule has 1 aliphatic rings. The van der Waals surface area contributed by atoms with Gasteiger partial charge in [0, 0.05) is 12.6 Å². The maximum Gasteiger partial charge on any atom is 0.243 e. The van der Waals surface area contributed by atoms with E-state index in [9.17, 15) is 8.42 Å². The van der Waals surface area contributed by atoms with Crippen LogP contribution in [0.4, 0.5) is 0 Å². The molecule has 0 atom stereocenters. The number of hydrogen-bond donors (Lipinski definition) is 0. The van der Waals surface area contributed by atoms with Gasteiger partial charge in [0.25, 0.3) is 0 Å². The largest absolute Gasteiger partial charge is 0.493 e. The molecule has 0 unspecified atom stereocenters. The zero-order valence-electron chi connectivity index (χ0n) is 12.0. The van der Waals surface area contributed by atoms with Gasteiger partial charge in [0.2, 0.25) is 10.0 Å². The second-order valence-electron chi connectivity index (χ2n) is 4.79. The Labute approximate surface area is 120 Å². The van der Waals surface area contributed by atoms with Crippen LogP contribution in [0, 0.1) is 6.04 Å². The van der Waals surface area contributed by atoms with E-state index in [2.05, 4.69) is 0 Å². The lowest BCUT2D eigenvalue weighted by Gasteiger charge is -2.31. The van der Waals surface area contributed by atoms with Crippen molar-refractivity contribution in [3.63, 3.8) is 0 Å². The highest BCUT2D eigenvalue weighted by Gasteiger charge is 2.32. The maximum absolute atomic E-state index is 12.7. The monoisotopic (exact) mass is 298 g/mol. The summed E-state index contributed by atoms with van der Waals surface area (Å²) in [5.41, 5.74) is 0. The Balaban J connectivity index is 2.38. The summed E-state index contributed by atoms with van der Waals surface area (Å²) in [5, 5.41) is 0. The second kappa shape index (κ2) is 6.01. The Hall–Kier alpha value is -1.27. The molecule has 5 nitrogen and oxygen atoms in total. The quantitative estimate of drug-likeness (QED) is 0.856. The number of rotatable bonds is 4. The van der Waals surface area contributed by atoms with Gasteiger partial charge in [0.05, 0.1) is 25.2 Å². The fraction of sp³-hybridized carbons (Fsp3) is 0.500. The number of hydrogen-bond acceptors (Lipinski definition) is 4. The lowest BCUT2D eigenvalue weighted by molar-refractivity contribution is 0.346. The third kappa shape index (κ3) is 2.76. The van der Waals surface area contributed by atoms with Crippen LogP contribution in [0.15, 0.2) is 23.1 Å². The topological polar surface area (TPSA) is 55.8 Å². The molecular formula is C14H20NO4S. The van der Waals surface area contributed by atoms with Crippen LogP contribution in [0.1, 0.15) is 26.2 Å². The fourth-order valence-electron chi connectivity index (χ4n) is 2.38. The van der Waals surface area contributed by atoms with Gasteiger partial charge < -0.3 is 9.47 Å². The van der Waals surface area contributed by atoms with E-state index in [1.807, 2.05) is 6.92 Å². The predicted octanol–water partition coefficient (Wildman–Crippen LogP) is 2.43. The number of benzene rings is 1. The molecule has 0 N–H and O–H groups in total. The third-order valence-electron chi connectivity index (χ3n) is 3.52. The number of nitrogens with zero attached hydrogens (tertiary/aromatic N) is 1. The van der Waals surface area contributed by atoms with E-state index in [0.29, 0.717) is 18.0 Å². The van der Waals surface area contributed by atoms with E-state index < -0.39 is 10.0 Å². The van der Waals surface area contributed by atoms with Crippen molar-refractivity contribution < 1.29 is 17.9 Å². The van der Waals surface area contributed by atoms with Crippen molar-refractivity contribution in [1.82, 2.24) is 4.31 Å². The second-order valence-corrected chi connectivity index (χ2v) is 6.65. The van der Waals surface area contributed by atoms with Crippen LogP contribution < -0.4 is 9.47 Å². The lowest BCUT2D eigenvalue weighted by atomic mass is 10.1. The minimum Gasteiger partial charge on any atom is -0.493 e. The van der Waals surface area contributed by atoms with E-state index in [0.717, 1.165) is 25.3 Å². The van der Waals surface area contributed by atoms with Crippen LogP contribution in [-0.4, -0.2) is 33.5 Å². The molecule has 0 spiro atoms. The first kappa shape index (κ1) is 15.1. The summed E-state index contributed by atoms with van der Waals surface area (Å²) < 4.78 is 37.1. The van der Waals surface area contributed by atoms with Gasteiger partial charge in [-0.05, 0) is 31.9 Å². The maximum atomic E-state index is 12.7. The molecular weight excluding hydrogens is 278 g/mol. The predicted molar refractivity (Wildman–Crippen MR) is 76.2 cm³/mol. The number of piperidine rings is 1. The standard InChI is InChI=1S/C14H20NO4S/c1-11-6-4-5-9-15(11)20(16,17)12-7-8-13(18-2)14(10-12)19-3/h7-8,10H,4-6,9H2,1-3H3. The highest BCUT2D eigenvalue weighted by molar-refractivity contribution is 7.89. The molecule has 0 bridgehead atoms. The summed E-state index contributed by atoms with van der Waals surface area (Å²) in [7, 11) is -0.493. The molecule has 1 fully saturated rings. The summed E-state index contributed by atoms with van der Waals surface area (Å²) in [6.45, 7) is 2.42. The molecule has 0 aliphatic carbocycles. The van der Waals surface area contributed by atoms with Crippen LogP contribution in [0.25, 0.3) is 0 Å². The van der Waals surface area contributed by atoms with Crippen molar-refractivity contribution in [2.24, 2.45) is 0 Å². The molecule has 1 radical (unpaired) electrons. The summed E-state index contributed by atoms with van der Waals surface area (Å²) >= 11 is 0. The Bertz CT molecular complexity index is 571. The lowest BCUT2D eigenvalue weighted by Crippen LogP contribution is -2.37. The molecule has 2 rings (SSSR count). The molecule has 1 aliphatic heterocycles. The van der Waals surface area contributed by atoms with Crippen molar-refractivity contribution in [3.05, 3.63) is 24.2 Å². The highest BCUT2D eigenvalue weighted by atomic mass is 32.2. The molecule has 20 heavy (non-hydrogen) atoms. The Kier molecular flexibility index (Phi) is 4.55. The fourth-order valence-corrected chi connectivity index (χ4v) is 4.00. The zero-order chi connectivity index (χ0) is 14.8. The van der Waals surface area contributed by atoms with Crippen molar-refractivity contribution in [2.75, 3.05) is 20.8 Å². The smallest absolute Gasteiger partial charge is 0.243 e. The first-order valence-corrected chi connectivity index (χ1v) is 8.02. The van der Waals surface area contributed by atoms with Crippen LogP contribution in [0.3, 0.4) is 0 Å². The number of ether oxygens (including phenoxy) is 2.